The Labute approximate surface area is 132 Å². The van der Waals surface area contributed by atoms with Crippen molar-refractivity contribution in [2.45, 2.75) is 38.3 Å². The number of nitrogens with zero attached hydrogens (tertiary/aromatic N) is 1. The molecule has 1 saturated carbocycles. The van der Waals surface area contributed by atoms with E-state index in [4.69, 9.17) is 9.84 Å². The minimum Gasteiger partial charge on any atom is -0.481 e. The van der Waals surface area contributed by atoms with Gasteiger partial charge in [-0.1, -0.05) is 0 Å². The van der Waals surface area contributed by atoms with Crippen molar-refractivity contribution in [3.05, 3.63) is 39.9 Å². The summed E-state index contributed by atoms with van der Waals surface area (Å²) in [7, 11) is 0. The number of nitro benzene ring substituents is 1. The number of carboxylic acid groups (broad SMARTS) is 1. The molecule has 1 aromatic carbocycles. The van der Waals surface area contributed by atoms with Crippen LogP contribution in [0.4, 0.5) is 10.5 Å². The Balaban J connectivity index is 1.73. The van der Waals surface area contributed by atoms with Gasteiger partial charge in [-0.2, -0.15) is 0 Å². The van der Waals surface area contributed by atoms with Crippen LogP contribution in [-0.2, 0) is 16.1 Å². The summed E-state index contributed by atoms with van der Waals surface area (Å²) >= 11 is 0. The van der Waals surface area contributed by atoms with E-state index in [0.717, 1.165) is 0 Å². The predicted molar refractivity (Wildman–Crippen MR) is 79.8 cm³/mol. The van der Waals surface area contributed by atoms with Crippen LogP contribution in [0.25, 0.3) is 0 Å². The van der Waals surface area contributed by atoms with E-state index < -0.39 is 17.0 Å². The molecule has 1 fully saturated rings. The van der Waals surface area contributed by atoms with Crippen molar-refractivity contribution in [3.63, 3.8) is 0 Å². The molecule has 1 aliphatic carbocycles. The van der Waals surface area contributed by atoms with E-state index in [0.29, 0.717) is 31.2 Å². The highest BCUT2D eigenvalue weighted by molar-refractivity contribution is 5.70. The predicted octanol–water partition coefficient (Wildman–Crippen LogP) is 2.46. The molecule has 2 rings (SSSR count). The van der Waals surface area contributed by atoms with Gasteiger partial charge in [0.15, 0.2) is 0 Å². The first-order chi connectivity index (χ1) is 11.0. The topological polar surface area (TPSA) is 119 Å². The van der Waals surface area contributed by atoms with Gasteiger partial charge in [0.25, 0.3) is 5.69 Å². The molecule has 0 aromatic heterocycles. The average Bonchev–Trinajstić information content (AvgIpc) is 2.54. The second-order valence-electron chi connectivity index (χ2n) is 5.53. The van der Waals surface area contributed by atoms with Crippen molar-refractivity contribution < 1.29 is 24.4 Å². The number of carbonyl (C=O) groups is 2. The molecule has 23 heavy (non-hydrogen) atoms. The van der Waals surface area contributed by atoms with Gasteiger partial charge >= 0.3 is 12.1 Å². The maximum Gasteiger partial charge on any atom is 0.407 e. The SMILES string of the molecule is O=C(NC1CCC(C(=O)O)CC1)OCc1ccc([N+](=O)[O-])cc1. The van der Waals surface area contributed by atoms with Crippen LogP contribution >= 0.6 is 0 Å². The molecule has 124 valence electrons. The Morgan fingerprint density at radius 3 is 2.35 bits per heavy atom. The minimum atomic E-state index is -0.788. The largest absolute Gasteiger partial charge is 0.481 e. The molecular weight excluding hydrogens is 304 g/mol. The van der Waals surface area contributed by atoms with Crippen LogP contribution in [0.2, 0.25) is 0 Å². The van der Waals surface area contributed by atoms with Crippen molar-refractivity contribution in [1.82, 2.24) is 5.32 Å². The number of carbonyl (C=O) groups excluding carboxylic acids is 1. The number of carboxylic acids is 1. The van der Waals surface area contributed by atoms with Gasteiger partial charge < -0.3 is 15.2 Å². The molecule has 1 aliphatic rings. The molecule has 0 aliphatic heterocycles. The number of benzene rings is 1. The molecule has 0 atom stereocenters. The third-order valence-corrected chi connectivity index (χ3v) is 3.92. The van der Waals surface area contributed by atoms with Crippen molar-refractivity contribution in [3.8, 4) is 0 Å². The number of hydrogen-bond donors (Lipinski definition) is 2. The molecule has 0 bridgehead atoms. The van der Waals surface area contributed by atoms with E-state index in [1.807, 2.05) is 0 Å². The Morgan fingerprint density at radius 2 is 1.83 bits per heavy atom. The molecule has 0 spiro atoms. The van der Waals surface area contributed by atoms with Crippen LogP contribution in [-0.4, -0.2) is 28.1 Å². The van der Waals surface area contributed by atoms with E-state index in [1.165, 1.54) is 24.3 Å². The Hall–Kier alpha value is -2.64. The Bertz CT molecular complexity index is 578. The summed E-state index contributed by atoms with van der Waals surface area (Å²) in [6.07, 6.45) is 1.75. The maximum absolute atomic E-state index is 11.7. The lowest BCUT2D eigenvalue weighted by Gasteiger charge is -2.26. The fraction of sp³-hybridized carbons (Fsp3) is 0.467. The van der Waals surface area contributed by atoms with Crippen molar-refractivity contribution >= 4 is 17.7 Å². The molecular formula is C15H18N2O6. The smallest absolute Gasteiger partial charge is 0.407 e. The summed E-state index contributed by atoms with van der Waals surface area (Å²) in [6.45, 7) is 0.0221. The lowest BCUT2D eigenvalue weighted by Crippen LogP contribution is -2.38. The highest BCUT2D eigenvalue weighted by atomic mass is 16.6. The zero-order valence-corrected chi connectivity index (χ0v) is 12.4. The van der Waals surface area contributed by atoms with Gasteiger partial charge in [0.05, 0.1) is 10.8 Å². The van der Waals surface area contributed by atoms with Gasteiger partial charge in [-0.15, -0.1) is 0 Å². The van der Waals surface area contributed by atoms with Gasteiger partial charge in [0.1, 0.15) is 6.61 Å². The highest BCUT2D eigenvalue weighted by Crippen LogP contribution is 2.24. The summed E-state index contributed by atoms with van der Waals surface area (Å²) in [5, 5.41) is 22.2. The first kappa shape index (κ1) is 16.7. The zero-order chi connectivity index (χ0) is 16.8. The van der Waals surface area contributed by atoms with Crippen molar-refractivity contribution in [2.24, 2.45) is 5.92 Å². The van der Waals surface area contributed by atoms with Crippen LogP contribution in [0.5, 0.6) is 0 Å². The van der Waals surface area contributed by atoms with E-state index in [-0.39, 0.29) is 24.3 Å². The van der Waals surface area contributed by atoms with E-state index >= 15 is 0 Å². The van der Waals surface area contributed by atoms with Gasteiger partial charge in [-0.05, 0) is 43.4 Å². The lowest BCUT2D eigenvalue weighted by atomic mass is 9.86. The molecule has 1 aromatic rings. The Morgan fingerprint density at radius 1 is 1.22 bits per heavy atom. The maximum atomic E-state index is 11.7. The number of nitro groups is 1. The van der Waals surface area contributed by atoms with Crippen molar-refractivity contribution in [2.75, 3.05) is 0 Å². The first-order valence-corrected chi connectivity index (χ1v) is 7.35. The highest BCUT2D eigenvalue weighted by Gasteiger charge is 2.26. The van der Waals surface area contributed by atoms with E-state index in [1.54, 1.807) is 0 Å². The quantitative estimate of drug-likeness (QED) is 0.635. The fourth-order valence-electron chi connectivity index (χ4n) is 2.56. The molecule has 0 unspecified atom stereocenters. The molecule has 0 radical (unpaired) electrons. The second-order valence-corrected chi connectivity index (χ2v) is 5.53. The van der Waals surface area contributed by atoms with Crippen LogP contribution in [0.1, 0.15) is 31.2 Å². The summed E-state index contributed by atoms with van der Waals surface area (Å²) in [4.78, 5) is 32.6. The van der Waals surface area contributed by atoms with Crippen molar-refractivity contribution in [1.29, 1.82) is 0 Å². The van der Waals surface area contributed by atoms with Crippen LogP contribution in [0, 0.1) is 16.0 Å². The normalized spacial score (nSPS) is 20.5. The van der Waals surface area contributed by atoms with Crippen LogP contribution in [0.3, 0.4) is 0 Å². The van der Waals surface area contributed by atoms with Gasteiger partial charge in [0, 0.05) is 18.2 Å². The number of ether oxygens (including phenoxy) is 1. The fourth-order valence-corrected chi connectivity index (χ4v) is 2.56. The Kier molecular flexibility index (Phi) is 5.51. The third-order valence-electron chi connectivity index (χ3n) is 3.92. The molecule has 0 saturated heterocycles. The van der Waals surface area contributed by atoms with Gasteiger partial charge in [-0.25, -0.2) is 4.79 Å². The lowest BCUT2D eigenvalue weighted by molar-refractivity contribution is -0.384. The summed E-state index contributed by atoms with van der Waals surface area (Å²) in [6, 6.07) is 5.69. The number of hydrogen-bond acceptors (Lipinski definition) is 5. The number of rotatable bonds is 5. The van der Waals surface area contributed by atoms with Crippen LogP contribution < -0.4 is 5.32 Å². The second kappa shape index (κ2) is 7.57. The van der Waals surface area contributed by atoms with E-state index in [2.05, 4.69) is 5.32 Å². The first-order valence-electron chi connectivity index (χ1n) is 7.35. The van der Waals surface area contributed by atoms with Gasteiger partial charge in [0.2, 0.25) is 0 Å². The van der Waals surface area contributed by atoms with Crippen LogP contribution in [0.15, 0.2) is 24.3 Å². The summed E-state index contributed by atoms with van der Waals surface area (Å²) in [5.41, 5.74) is 0.633. The summed E-state index contributed by atoms with van der Waals surface area (Å²) < 4.78 is 5.07. The minimum absolute atomic E-state index is 0.0200. The monoisotopic (exact) mass is 322 g/mol. The average molecular weight is 322 g/mol. The zero-order valence-electron chi connectivity index (χ0n) is 12.4. The molecule has 0 heterocycles. The number of aliphatic carboxylic acids is 1. The molecule has 8 heteroatoms. The number of amides is 1. The van der Waals surface area contributed by atoms with E-state index in [9.17, 15) is 19.7 Å². The third kappa shape index (κ3) is 4.94. The molecule has 1 amide bonds. The number of non-ortho nitro benzene ring substituents is 1. The number of nitrogens with one attached hydrogen (secondary N) is 1. The number of alkyl carbamates (subject to hydrolysis) is 1. The summed E-state index contributed by atoms with van der Waals surface area (Å²) in [5.74, 6) is -1.12. The van der Waals surface area contributed by atoms with Gasteiger partial charge in [-0.3, -0.25) is 14.9 Å². The molecule has 8 nitrogen and oxygen atoms in total. The standard InChI is InChI=1S/C15H18N2O6/c18-14(19)11-3-5-12(6-4-11)16-15(20)23-9-10-1-7-13(8-2-10)17(21)22/h1-2,7-8,11-12H,3-6,9H2,(H,16,20)(H,18,19). The molecule has 2 N–H and O–H groups in total.